The molecule has 0 saturated carbocycles. The molecule has 9 heteroatoms. The topological polar surface area (TPSA) is 117 Å². The molecule has 2 unspecified atom stereocenters. The Labute approximate surface area is 393 Å². The SMILES string of the molecule is CC/C=C\C/C=C\C/C=C\C/C=C\CCCCCCCCCCCCCOCC(COP(=O)(O)OCCN)OC(=O)CCCCCCCCCC/C=C\C/C=C\C/C=C\C/C=C\CC. The van der Waals surface area contributed by atoms with Crippen molar-refractivity contribution in [3.05, 3.63) is 97.2 Å². The summed E-state index contributed by atoms with van der Waals surface area (Å²) in [4.78, 5) is 22.6. The standard InChI is InChI=1S/C55H96NO7P/c1-3-5-7-9-11-13-15-17-19-21-23-25-26-27-29-31-33-35-37-39-41-43-45-47-50-60-52-54(53-62-64(58,59)61-51-49-56)63-55(57)48-46-44-42-40-38-36-34-32-30-28-24-22-20-18-16-14-12-10-8-6-4-2/h5-8,11-14,17-20,23-25,28,54H,3-4,9-10,15-16,21-22,26-27,29-53,56H2,1-2H3,(H,58,59)/b7-5-,8-6-,13-11-,14-12-,19-17-,20-18-,25-23-,28-24-. The summed E-state index contributed by atoms with van der Waals surface area (Å²) >= 11 is 0. The quantitative estimate of drug-likeness (QED) is 0.0268. The summed E-state index contributed by atoms with van der Waals surface area (Å²) in [5.74, 6) is -0.342. The molecule has 0 spiro atoms. The minimum absolute atomic E-state index is 0.0936. The zero-order valence-corrected chi connectivity index (χ0v) is 41.9. The summed E-state index contributed by atoms with van der Waals surface area (Å²) < 4.78 is 33.6. The van der Waals surface area contributed by atoms with Gasteiger partial charge in [0, 0.05) is 19.6 Å². The first kappa shape index (κ1) is 61.4. The van der Waals surface area contributed by atoms with Crippen LogP contribution in [0.5, 0.6) is 0 Å². The van der Waals surface area contributed by atoms with E-state index < -0.39 is 13.9 Å². The lowest BCUT2D eigenvalue weighted by molar-refractivity contribution is -0.154. The Morgan fingerprint density at radius 3 is 1.23 bits per heavy atom. The molecule has 0 rings (SSSR count). The number of rotatable bonds is 48. The van der Waals surface area contributed by atoms with Crippen LogP contribution in [0.25, 0.3) is 0 Å². The van der Waals surface area contributed by atoms with Crippen LogP contribution in [-0.4, -0.2) is 49.9 Å². The van der Waals surface area contributed by atoms with Crippen LogP contribution in [0.4, 0.5) is 0 Å². The van der Waals surface area contributed by atoms with Crippen molar-refractivity contribution in [2.24, 2.45) is 5.73 Å². The van der Waals surface area contributed by atoms with Crippen molar-refractivity contribution < 1.29 is 32.8 Å². The maximum absolute atomic E-state index is 12.7. The molecule has 368 valence electrons. The normalized spacial score (nSPS) is 14.1. The second-order valence-corrected chi connectivity index (χ2v) is 18.1. The first-order valence-corrected chi connectivity index (χ1v) is 27.2. The predicted molar refractivity (Wildman–Crippen MR) is 274 cm³/mol. The van der Waals surface area contributed by atoms with Crippen LogP contribution in [0.3, 0.4) is 0 Å². The van der Waals surface area contributed by atoms with Crippen molar-refractivity contribution in [3.8, 4) is 0 Å². The first-order valence-electron chi connectivity index (χ1n) is 25.7. The maximum Gasteiger partial charge on any atom is 0.472 e. The van der Waals surface area contributed by atoms with Crippen LogP contribution in [0, 0.1) is 0 Å². The van der Waals surface area contributed by atoms with Crippen LogP contribution in [0.15, 0.2) is 97.2 Å². The number of nitrogens with two attached hydrogens (primary N) is 1. The van der Waals surface area contributed by atoms with Crippen molar-refractivity contribution in [2.75, 3.05) is 33.0 Å². The second-order valence-electron chi connectivity index (χ2n) is 16.6. The molecule has 0 aromatic rings. The lowest BCUT2D eigenvalue weighted by Crippen LogP contribution is -2.28. The van der Waals surface area contributed by atoms with E-state index in [1.807, 2.05) is 0 Å². The highest BCUT2D eigenvalue weighted by atomic mass is 31.2. The van der Waals surface area contributed by atoms with Gasteiger partial charge in [-0.3, -0.25) is 13.8 Å². The molecule has 0 aliphatic carbocycles. The van der Waals surface area contributed by atoms with Crippen molar-refractivity contribution in [1.29, 1.82) is 0 Å². The van der Waals surface area contributed by atoms with Crippen molar-refractivity contribution in [3.63, 3.8) is 0 Å². The fraction of sp³-hybridized carbons (Fsp3) is 0.691. The lowest BCUT2D eigenvalue weighted by Gasteiger charge is -2.20. The zero-order valence-electron chi connectivity index (χ0n) is 41.0. The average Bonchev–Trinajstić information content (AvgIpc) is 3.29. The van der Waals surface area contributed by atoms with Gasteiger partial charge in [-0.1, -0.05) is 207 Å². The monoisotopic (exact) mass is 914 g/mol. The minimum atomic E-state index is -4.29. The Bertz CT molecular complexity index is 1300. The molecule has 0 bridgehead atoms. The van der Waals surface area contributed by atoms with E-state index in [-0.39, 0.29) is 32.3 Å². The molecule has 0 aromatic carbocycles. The van der Waals surface area contributed by atoms with Gasteiger partial charge in [0.15, 0.2) is 0 Å². The minimum Gasteiger partial charge on any atom is -0.457 e. The number of ether oxygens (including phenoxy) is 2. The summed E-state index contributed by atoms with van der Waals surface area (Å²) in [5.41, 5.74) is 5.39. The highest BCUT2D eigenvalue weighted by Crippen LogP contribution is 2.43. The third-order valence-corrected chi connectivity index (χ3v) is 11.5. The highest BCUT2D eigenvalue weighted by Gasteiger charge is 2.25. The Morgan fingerprint density at radius 1 is 0.469 bits per heavy atom. The van der Waals surface area contributed by atoms with Gasteiger partial charge < -0.3 is 20.1 Å². The van der Waals surface area contributed by atoms with E-state index in [9.17, 15) is 14.3 Å². The molecule has 8 nitrogen and oxygen atoms in total. The van der Waals surface area contributed by atoms with Gasteiger partial charge in [-0.15, -0.1) is 0 Å². The number of carbonyl (C=O) groups is 1. The third kappa shape index (κ3) is 50.4. The Kier molecular flexibility index (Phi) is 49.3. The Balaban J connectivity index is 3.98. The summed E-state index contributed by atoms with van der Waals surface area (Å²) in [6.07, 6.45) is 68.7. The number of phosphoric ester groups is 1. The molecule has 2 atom stereocenters. The molecule has 0 aliphatic heterocycles. The van der Waals surface area contributed by atoms with E-state index in [2.05, 4.69) is 111 Å². The molecule has 0 radical (unpaired) electrons. The number of unbranched alkanes of at least 4 members (excludes halogenated alkanes) is 19. The molecule has 3 N–H and O–H groups in total. The summed E-state index contributed by atoms with van der Waals surface area (Å²) in [7, 11) is -4.29. The van der Waals surface area contributed by atoms with Crippen LogP contribution < -0.4 is 5.73 Å². The number of esters is 1. The predicted octanol–water partition coefficient (Wildman–Crippen LogP) is 16.2. The van der Waals surface area contributed by atoms with Gasteiger partial charge in [0.2, 0.25) is 0 Å². The van der Waals surface area contributed by atoms with Gasteiger partial charge in [0.05, 0.1) is 19.8 Å². The molecule has 0 fully saturated rings. The number of hydrogen-bond acceptors (Lipinski definition) is 7. The van der Waals surface area contributed by atoms with E-state index >= 15 is 0 Å². The van der Waals surface area contributed by atoms with Gasteiger partial charge in [0.25, 0.3) is 0 Å². The van der Waals surface area contributed by atoms with Crippen molar-refractivity contribution in [2.45, 2.75) is 213 Å². The third-order valence-electron chi connectivity index (χ3n) is 10.5. The summed E-state index contributed by atoms with van der Waals surface area (Å²) in [6, 6.07) is 0. The fourth-order valence-corrected chi connectivity index (χ4v) is 7.57. The average molecular weight is 914 g/mol. The van der Waals surface area contributed by atoms with Gasteiger partial charge in [-0.05, 0) is 89.9 Å². The molecular formula is C55H96NO7P. The molecule has 0 amide bonds. The Morgan fingerprint density at radius 2 is 0.828 bits per heavy atom. The number of carbonyl (C=O) groups excluding carboxylic acids is 1. The van der Waals surface area contributed by atoms with Crippen LogP contribution in [0.2, 0.25) is 0 Å². The number of phosphoric acid groups is 1. The van der Waals surface area contributed by atoms with E-state index in [4.69, 9.17) is 24.3 Å². The van der Waals surface area contributed by atoms with Crippen LogP contribution in [0.1, 0.15) is 206 Å². The van der Waals surface area contributed by atoms with Crippen molar-refractivity contribution in [1.82, 2.24) is 0 Å². The maximum atomic E-state index is 12.7. The van der Waals surface area contributed by atoms with Gasteiger partial charge >= 0.3 is 13.8 Å². The molecule has 0 aromatic heterocycles. The van der Waals surface area contributed by atoms with Crippen LogP contribution >= 0.6 is 7.82 Å². The second kappa shape index (κ2) is 51.4. The molecule has 0 heterocycles. The molecular weight excluding hydrogens is 818 g/mol. The van der Waals surface area contributed by atoms with Crippen molar-refractivity contribution >= 4 is 13.8 Å². The number of allylic oxidation sites excluding steroid dienone is 16. The van der Waals surface area contributed by atoms with E-state index in [0.717, 1.165) is 89.9 Å². The molecule has 0 saturated heterocycles. The Hall–Kier alpha value is -2.58. The smallest absolute Gasteiger partial charge is 0.457 e. The van der Waals surface area contributed by atoms with Gasteiger partial charge in [0.1, 0.15) is 6.10 Å². The number of hydrogen-bond donors (Lipinski definition) is 2. The molecule has 0 aliphatic rings. The summed E-state index contributed by atoms with van der Waals surface area (Å²) in [6.45, 7) is 4.68. The van der Waals surface area contributed by atoms with E-state index in [0.29, 0.717) is 13.0 Å². The fourth-order valence-electron chi connectivity index (χ4n) is 6.80. The van der Waals surface area contributed by atoms with Gasteiger partial charge in [-0.2, -0.15) is 0 Å². The highest BCUT2D eigenvalue weighted by molar-refractivity contribution is 7.47. The van der Waals surface area contributed by atoms with Gasteiger partial charge in [-0.25, -0.2) is 4.57 Å². The lowest BCUT2D eigenvalue weighted by atomic mass is 10.1. The molecule has 64 heavy (non-hydrogen) atoms. The largest absolute Gasteiger partial charge is 0.472 e. The summed E-state index contributed by atoms with van der Waals surface area (Å²) in [5, 5.41) is 0. The first-order chi connectivity index (χ1) is 31.4. The zero-order chi connectivity index (χ0) is 46.5. The van der Waals surface area contributed by atoms with E-state index in [1.54, 1.807) is 0 Å². The van der Waals surface area contributed by atoms with E-state index in [1.165, 1.54) is 96.3 Å². The van der Waals surface area contributed by atoms with Crippen LogP contribution in [-0.2, 0) is 27.9 Å².